The van der Waals surface area contributed by atoms with Crippen molar-refractivity contribution >= 4 is 5.91 Å². The molecule has 1 amide bonds. The van der Waals surface area contributed by atoms with Crippen molar-refractivity contribution in [1.82, 2.24) is 5.32 Å². The van der Waals surface area contributed by atoms with E-state index in [1.54, 1.807) is 24.3 Å². The molecule has 0 saturated carbocycles. The number of hydrogen-bond donors (Lipinski definition) is 1. The van der Waals surface area contributed by atoms with Gasteiger partial charge < -0.3 is 10.1 Å². The second-order valence-corrected chi connectivity index (χ2v) is 7.63. The van der Waals surface area contributed by atoms with Gasteiger partial charge in [-0.15, -0.1) is 0 Å². The first-order valence-corrected chi connectivity index (χ1v) is 9.17. The lowest BCUT2D eigenvalue weighted by Crippen LogP contribution is -2.37. The minimum absolute atomic E-state index is 0.0440. The minimum Gasteiger partial charge on any atom is -0.367 e. The van der Waals surface area contributed by atoms with E-state index >= 15 is 0 Å². The van der Waals surface area contributed by atoms with Gasteiger partial charge in [-0.05, 0) is 42.0 Å². The second-order valence-electron chi connectivity index (χ2n) is 7.63. The molecule has 2 rings (SSSR count). The largest absolute Gasteiger partial charge is 0.411 e. The van der Waals surface area contributed by atoms with Gasteiger partial charge in [-0.1, -0.05) is 56.3 Å². The van der Waals surface area contributed by atoms with Crippen LogP contribution in [0.15, 0.2) is 54.6 Å². The SMILES string of the molecule is CC(CC(C)(C)c1ccccc1)NC(=O)c1ccc(COCC(F)(F)F)cc1. The number of amides is 1. The highest BCUT2D eigenvalue weighted by molar-refractivity contribution is 5.94. The average Bonchev–Trinajstić information content (AvgIpc) is 2.61. The molecule has 1 atom stereocenters. The summed E-state index contributed by atoms with van der Waals surface area (Å²) in [7, 11) is 0. The zero-order chi connectivity index (χ0) is 20.8. The lowest BCUT2D eigenvalue weighted by atomic mass is 9.79. The molecule has 0 aliphatic carbocycles. The predicted octanol–water partition coefficient (Wildman–Crippen LogP) is 5.25. The molecule has 0 aliphatic heterocycles. The third kappa shape index (κ3) is 7.00. The third-order valence-corrected chi connectivity index (χ3v) is 4.50. The van der Waals surface area contributed by atoms with E-state index in [4.69, 9.17) is 0 Å². The van der Waals surface area contributed by atoms with Gasteiger partial charge in [0.05, 0.1) is 6.61 Å². The van der Waals surface area contributed by atoms with Gasteiger partial charge in [0.15, 0.2) is 0 Å². The van der Waals surface area contributed by atoms with E-state index in [0.29, 0.717) is 11.1 Å². The van der Waals surface area contributed by atoms with Crippen molar-refractivity contribution in [2.45, 2.75) is 51.4 Å². The fraction of sp³-hybridized carbons (Fsp3) is 0.409. The maximum atomic E-state index is 12.4. The Kier molecular flexibility index (Phi) is 7.24. The Balaban J connectivity index is 1.88. The van der Waals surface area contributed by atoms with Crippen molar-refractivity contribution in [1.29, 1.82) is 0 Å². The molecule has 2 aromatic carbocycles. The predicted molar refractivity (Wildman–Crippen MR) is 103 cm³/mol. The van der Waals surface area contributed by atoms with E-state index in [1.165, 1.54) is 5.56 Å². The Morgan fingerprint density at radius 1 is 1.04 bits per heavy atom. The van der Waals surface area contributed by atoms with Crippen LogP contribution in [0.3, 0.4) is 0 Å². The molecule has 0 aromatic heterocycles. The van der Waals surface area contributed by atoms with Gasteiger partial charge in [-0.25, -0.2) is 0 Å². The summed E-state index contributed by atoms with van der Waals surface area (Å²) in [6, 6.07) is 16.5. The first kappa shape index (κ1) is 22.0. The van der Waals surface area contributed by atoms with Crippen molar-refractivity contribution in [3.8, 4) is 0 Å². The molecular weight excluding hydrogens is 367 g/mol. The second kappa shape index (κ2) is 9.24. The zero-order valence-electron chi connectivity index (χ0n) is 16.3. The van der Waals surface area contributed by atoms with Gasteiger partial charge >= 0.3 is 6.18 Å². The number of carbonyl (C=O) groups excluding carboxylic acids is 1. The van der Waals surface area contributed by atoms with E-state index in [0.717, 1.165) is 6.42 Å². The summed E-state index contributed by atoms with van der Waals surface area (Å²) in [6.45, 7) is 4.80. The number of hydrogen-bond acceptors (Lipinski definition) is 2. The lowest BCUT2D eigenvalue weighted by Gasteiger charge is -2.29. The van der Waals surface area contributed by atoms with E-state index in [9.17, 15) is 18.0 Å². The van der Waals surface area contributed by atoms with Crippen LogP contribution in [0, 0.1) is 0 Å². The fourth-order valence-corrected chi connectivity index (χ4v) is 3.17. The van der Waals surface area contributed by atoms with Crippen molar-refractivity contribution in [3.05, 3.63) is 71.3 Å². The normalized spacial score (nSPS) is 13.2. The highest BCUT2D eigenvalue weighted by atomic mass is 19.4. The Bertz CT molecular complexity index is 756. The molecule has 1 N–H and O–H groups in total. The van der Waals surface area contributed by atoms with Crippen LogP contribution in [0.2, 0.25) is 0 Å². The summed E-state index contributed by atoms with van der Waals surface area (Å²) in [6.07, 6.45) is -3.57. The zero-order valence-corrected chi connectivity index (χ0v) is 16.3. The number of benzene rings is 2. The van der Waals surface area contributed by atoms with Gasteiger partial charge in [-0.2, -0.15) is 13.2 Å². The van der Waals surface area contributed by atoms with Crippen molar-refractivity contribution in [3.63, 3.8) is 0 Å². The molecule has 0 bridgehead atoms. The van der Waals surface area contributed by atoms with Crippen LogP contribution in [0.25, 0.3) is 0 Å². The molecule has 3 nitrogen and oxygen atoms in total. The Morgan fingerprint density at radius 2 is 1.64 bits per heavy atom. The molecule has 2 aromatic rings. The topological polar surface area (TPSA) is 38.3 Å². The standard InChI is InChI=1S/C22H26F3NO2/c1-16(13-21(2,3)19-7-5-4-6-8-19)26-20(27)18-11-9-17(10-12-18)14-28-15-22(23,24)25/h4-12,16H,13-15H2,1-3H3,(H,26,27). The summed E-state index contributed by atoms with van der Waals surface area (Å²) >= 11 is 0. The van der Waals surface area contributed by atoms with E-state index in [2.05, 4.69) is 36.0 Å². The molecule has 0 heterocycles. The van der Waals surface area contributed by atoms with Crippen LogP contribution in [-0.4, -0.2) is 24.7 Å². The number of carbonyl (C=O) groups is 1. The van der Waals surface area contributed by atoms with Gasteiger partial charge in [0.1, 0.15) is 6.61 Å². The lowest BCUT2D eigenvalue weighted by molar-refractivity contribution is -0.176. The molecule has 0 spiro atoms. The maximum Gasteiger partial charge on any atom is 0.411 e. The number of alkyl halides is 3. The molecule has 1 unspecified atom stereocenters. The van der Waals surface area contributed by atoms with Gasteiger partial charge in [0.2, 0.25) is 0 Å². The summed E-state index contributed by atoms with van der Waals surface area (Å²) in [5.41, 5.74) is 2.16. The number of nitrogens with one attached hydrogen (secondary N) is 1. The van der Waals surface area contributed by atoms with E-state index < -0.39 is 12.8 Å². The summed E-state index contributed by atoms with van der Waals surface area (Å²) < 4.78 is 40.9. The summed E-state index contributed by atoms with van der Waals surface area (Å²) in [5.74, 6) is -0.209. The van der Waals surface area contributed by atoms with Crippen LogP contribution < -0.4 is 5.32 Å². The monoisotopic (exact) mass is 393 g/mol. The van der Waals surface area contributed by atoms with Gasteiger partial charge in [0.25, 0.3) is 5.91 Å². The molecule has 152 valence electrons. The van der Waals surface area contributed by atoms with Crippen LogP contribution >= 0.6 is 0 Å². The van der Waals surface area contributed by atoms with Gasteiger partial charge in [0, 0.05) is 11.6 Å². The minimum atomic E-state index is -4.34. The molecule has 0 aliphatic rings. The van der Waals surface area contributed by atoms with E-state index in [1.807, 2.05) is 25.1 Å². The van der Waals surface area contributed by atoms with E-state index in [-0.39, 0.29) is 24.0 Å². The number of ether oxygens (including phenoxy) is 1. The van der Waals surface area contributed by atoms with Crippen LogP contribution in [-0.2, 0) is 16.8 Å². The highest BCUT2D eigenvalue weighted by Gasteiger charge is 2.27. The average molecular weight is 393 g/mol. The first-order valence-electron chi connectivity index (χ1n) is 9.17. The quantitative estimate of drug-likeness (QED) is 0.665. The first-order chi connectivity index (χ1) is 13.1. The van der Waals surface area contributed by atoms with Gasteiger partial charge in [-0.3, -0.25) is 4.79 Å². The molecule has 0 radical (unpaired) electrons. The van der Waals surface area contributed by atoms with Crippen molar-refractivity contribution in [2.75, 3.05) is 6.61 Å². The Hall–Kier alpha value is -2.34. The molecular formula is C22H26F3NO2. The van der Waals surface area contributed by atoms with Crippen LogP contribution in [0.5, 0.6) is 0 Å². The highest BCUT2D eigenvalue weighted by Crippen LogP contribution is 2.28. The summed E-state index contributed by atoms with van der Waals surface area (Å²) in [4.78, 5) is 12.4. The maximum absolute atomic E-state index is 12.4. The Morgan fingerprint density at radius 3 is 2.21 bits per heavy atom. The molecule has 0 fully saturated rings. The number of halogens is 3. The fourth-order valence-electron chi connectivity index (χ4n) is 3.17. The molecule has 0 saturated heterocycles. The number of rotatable bonds is 8. The Labute approximate surface area is 163 Å². The molecule has 6 heteroatoms. The summed E-state index contributed by atoms with van der Waals surface area (Å²) in [5, 5.41) is 2.99. The van der Waals surface area contributed by atoms with Crippen LogP contribution in [0.1, 0.15) is 48.7 Å². The van der Waals surface area contributed by atoms with Crippen molar-refractivity contribution < 1.29 is 22.7 Å². The van der Waals surface area contributed by atoms with Crippen LogP contribution in [0.4, 0.5) is 13.2 Å². The van der Waals surface area contributed by atoms with Crippen molar-refractivity contribution in [2.24, 2.45) is 0 Å². The smallest absolute Gasteiger partial charge is 0.367 e. The molecule has 28 heavy (non-hydrogen) atoms. The third-order valence-electron chi connectivity index (χ3n) is 4.50.